The van der Waals surface area contributed by atoms with Gasteiger partial charge in [0.15, 0.2) is 5.76 Å². The Labute approximate surface area is 112 Å². The molecule has 0 bridgehead atoms. The number of hydrogen-bond donors (Lipinski definition) is 1. The molecule has 94 valence electrons. The van der Waals surface area contributed by atoms with E-state index in [9.17, 15) is 9.90 Å². The van der Waals surface area contributed by atoms with E-state index in [-0.39, 0.29) is 5.91 Å². The molecule has 2 aromatic rings. The topological polar surface area (TPSA) is 53.7 Å². The van der Waals surface area contributed by atoms with Crippen molar-refractivity contribution in [3.63, 3.8) is 0 Å². The van der Waals surface area contributed by atoms with Gasteiger partial charge >= 0.3 is 0 Å². The van der Waals surface area contributed by atoms with E-state index in [2.05, 4.69) is 15.9 Å². The third-order valence-electron chi connectivity index (χ3n) is 3.24. The lowest BCUT2D eigenvalue weighted by Crippen LogP contribution is -2.53. The highest BCUT2D eigenvalue weighted by molar-refractivity contribution is 9.10. The number of aliphatic hydroxyl groups excluding tert-OH is 1. The second kappa shape index (κ2) is 4.10. The van der Waals surface area contributed by atoms with Crippen molar-refractivity contribution in [1.82, 2.24) is 4.90 Å². The van der Waals surface area contributed by atoms with Gasteiger partial charge in [-0.2, -0.15) is 0 Å². The summed E-state index contributed by atoms with van der Waals surface area (Å²) in [6, 6.07) is 5.66. The predicted octanol–water partition coefficient (Wildman–Crippen LogP) is 2.32. The van der Waals surface area contributed by atoms with Crippen molar-refractivity contribution in [2.24, 2.45) is 0 Å². The molecule has 5 heteroatoms. The zero-order valence-electron chi connectivity index (χ0n) is 9.81. The monoisotopic (exact) mass is 309 g/mol. The first-order chi connectivity index (χ1) is 8.56. The van der Waals surface area contributed by atoms with E-state index in [1.165, 1.54) is 0 Å². The smallest absolute Gasteiger partial charge is 0.290 e. The highest BCUT2D eigenvalue weighted by Gasteiger charge is 2.32. The molecular weight excluding hydrogens is 298 g/mol. The minimum absolute atomic E-state index is 0.148. The SMILES string of the molecule is Cc1c(C(=O)N2CC(O)C2)oc2ccc(Br)cc12. The van der Waals surface area contributed by atoms with Crippen molar-refractivity contribution in [1.29, 1.82) is 0 Å². The summed E-state index contributed by atoms with van der Waals surface area (Å²) >= 11 is 3.40. The molecular formula is C13H12BrNO3. The number of furan rings is 1. The maximum absolute atomic E-state index is 12.2. The maximum atomic E-state index is 12.2. The summed E-state index contributed by atoms with van der Waals surface area (Å²) in [6.45, 7) is 2.65. The fourth-order valence-electron chi connectivity index (χ4n) is 2.16. The van der Waals surface area contributed by atoms with Gasteiger partial charge in [0.1, 0.15) is 5.58 Å². The van der Waals surface area contributed by atoms with Crippen LogP contribution in [0.3, 0.4) is 0 Å². The Balaban J connectivity index is 2.02. The largest absolute Gasteiger partial charge is 0.451 e. The number of hydrogen-bond acceptors (Lipinski definition) is 3. The number of fused-ring (bicyclic) bond motifs is 1. The van der Waals surface area contributed by atoms with Crippen molar-refractivity contribution in [3.8, 4) is 0 Å². The number of nitrogens with zero attached hydrogens (tertiary/aromatic N) is 1. The van der Waals surface area contributed by atoms with Gasteiger partial charge in [-0.25, -0.2) is 0 Å². The number of aryl methyl sites for hydroxylation is 1. The van der Waals surface area contributed by atoms with E-state index >= 15 is 0 Å². The molecule has 0 aliphatic carbocycles. The van der Waals surface area contributed by atoms with Crippen molar-refractivity contribution in [2.75, 3.05) is 13.1 Å². The van der Waals surface area contributed by atoms with Crippen LogP contribution in [-0.4, -0.2) is 35.1 Å². The molecule has 18 heavy (non-hydrogen) atoms. The maximum Gasteiger partial charge on any atom is 0.290 e. The molecule has 1 fully saturated rings. The third kappa shape index (κ3) is 1.74. The van der Waals surface area contributed by atoms with Gasteiger partial charge in [0, 0.05) is 28.5 Å². The molecule has 0 radical (unpaired) electrons. The lowest BCUT2D eigenvalue weighted by atomic mass is 10.1. The number of rotatable bonds is 1. The second-order valence-electron chi connectivity index (χ2n) is 4.56. The zero-order valence-corrected chi connectivity index (χ0v) is 11.4. The number of β-amino-alcohol motifs (C(OH)–C–C–N with tert-alkyl or cyclic N) is 1. The molecule has 1 aliphatic rings. The van der Waals surface area contributed by atoms with Crippen LogP contribution in [0.4, 0.5) is 0 Å². The van der Waals surface area contributed by atoms with Gasteiger partial charge in [-0.1, -0.05) is 15.9 Å². The van der Waals surface area contributed by atoms with Crippen LogP contribution in [0.5, 0.6) is 0 Å². The highest BCUT2D eigenvalue weighted by Crippen LogP contribution is 2.29. The molecule has 4 nitrogen and oxygen atoms in total. The Morgan fingerprint density at radius 1 is 1.50 bits per heavy atom. The normalized spacial score (nSPS) is 16.1. The molecule has 1 saturated heterocycles. The number of aliphatic hydroxyl groups is 1. The fraction of sp³-hybridized carbons (Fsp3) is 0.308. The van der Waals surface area contributed by atoms with Crippen LogP contribution in [0, 0.1) is 6.92 Å². The van der Waals surface area contributed by atoms with Crippen molar-refractivity contribution in [3.05, 3.63) is 34.0 Å². The molecule has 1 aromatic heterocycles. The van der Waals surface area contributed by atoms with E-state index in [1.807, 2.05) is 25.1 Å². The zero-order chi connectivity index (χ0) is 12.9. The van der Waals surface area contributed by atoms with Crippen LogP contribution in [0.1, 0.15) is 16.1 Å². The Morgan fingerprint density at radius 2 is 2.22 bits per heavy atom. The van der Waals surface area contributed by atoms with E-state index in [0.717, 1.165) is 15.4 Å². The highest BCUT2D eigenvalue weighted by atomic mass is 79.9. The van der Waals surface area contributed by atoms with Gasteiger partial charge in [-0.15, -0.1) is 0 Å². The Morgan fingerprint density at radius 3 is 2.89 bits per heavy atom. The molecule has 0 spiro atoms. The molecule has 3 rings (SSSR count). The summed E-state index contributed by atoms with van der Waals surface area (Å²) in [6.07, 6.45) is -0.396. The number of benzene rings is 1. The molecule has 0 saturated carbocycles. The van der Waals surface area contributed by atoms with Gasteiger partial charge in [0.05, 0.1) is 6.10 Å². The molecule has 1 amide bonds. The lowest BCUT2D eigenvalue weighted by molar-refractivity contribution is 0.00399. The van der Waals surface area contributed by atoms with Gasteiger partial charge in [0.25, 0.3) is 5.91 Å². The summed E-state index contributed by atoms with van der Waals surface area (Å²) < 4.78 is 6.57. The van der Waals surface area contributed by atoms with E-state index in [0.29, 0.717) is 24.4 Å². The minimum Gasteiger partial charge on any atom is -0.451 e. The summed E-state index contributed by atoms with van der Waals surface area (Å²) in [5.41, 5.74) is 1.55. The van der Waals surface area contributed by atoms with Crippen LogP contribution >= 0.6 is 15.9 Å². The summed E-state index contributed by atoms with van der Waals surface area (Å²) in [4.78, 5) is 13.7. The summed E-state index contributed by atoms with van der Waals surface area (Å²) in [7, 11) is 0. The Kier molecular flexibility index (Phi) is 2.68. The van der Waals surface area contributed by atoms with Crippen LogP contribution in [0.25, 0.3) is 11.0 Å². The Bertz CT molecular complexity index is 628. The Hall–Kier alpha value is -1.33. The van der Waals surface area contributed by atoms with E-state index in [1.54, 1.807) is 4.90 Å². The number of likely N-dealkylation sites (tertiary alicyclic amines) is 1. The van der Waals surface area contributed by atoms with Crippen LogP contribution in [0.2, 0.25) is 0 Å². The molecule has 0 atom stereocenters. The van der Waals surface area contributed by atoms with Gasteiger partial charge in [-0.05, 0) is 25.1 Å². The summed E-state index contributed by atoms with van der Waals surface area (Å²) in [5.74, 6) is 0.222. The number of amides is 1. The molecule has 1 N–H and O–H groups in total. The van der Waals surface area contributed by atoms with Crippen molar-refractivity contribution >= 4 is 32.8 Å². The second-order valence-corrected chi connectivity index (χ2v) is 5.48. The number of carbonyl (C=O) groups is 1. The fourth-order valence-corrected chi connectivity index (χ4v) is 2.52. The first-order valence-corrected chi connectivity index (χ1v) is 6.51. The third-order valence-corrected chi connectivity index (χ3v) is 3.74. The average molecular weight is 310 g/mol. The molecule has 1 aromatic carbocycles. The summed E-state index contributed by atoms with van der Waals surface area (Å²) in [5, 5.41) is 10.2. The minimum atomic E-state index is -0.396. The molecule has 0 unspecified atom stereocenters. The van der Waals surface area contributed by atoms with Gasteiger partial charge < -0.3 is 14.4 Å². The first kappa shape index (κ1) is 11.7. The molecule has 2 heterocycles. The van der Waals surface area contributed by atoms with Crippen LogP contribution in [-0.2, 0) is 0 Å². The quantitative estimate of drug-likeness (QED) is 0.879. The molecule has 1 aliphatic heterocycles. The van der Waals surface area contributed by atoms with E-state index in [4.69, 9.17) is 4.42 Å². The average Bonchev–Trinajstić information content (AvgIpc) is 2.62. The van der Waals surface area contributed by atoms with Crippen molar-refractivity contribution < 1.29 is 14.3 Å². The number of halogens is 1. The van der Waals surface area contributed by atoms with E-state index < -0.39 is 6.10 Å². The van der Waals surface area contributed by atoms with Gasteiger partial charge in [0.2, 0.25) is 0 Å². The predicted molar refractivity (Wildman–Crippen MR) is 70.6 cm³/mol. The number of carbonyl (C=O) groups excluding carboxylic acids is 1. The van der Waals surface area contributed by atoms with Gasteiger partial charge in [-0.3, -0.25) is 4.79 Å². The van der Waals surface area contributed by atoms with Crippen LogP contribution < -0.4 is 0 Å². The first-order valence-electron chi connectivity index (χ1n) is 5.72. The van der Waals surface area contributed by atoms with Crippen LogP contribution in [0.15, 0.2) is 27.1 Å². The van der Waals surface area contributed by atoms with Crippen molar-refractivity contribution in [2.45, 2.75) is 13.0 Å². The standard InChI is InChI=1S/C13H12BrNO3/c1-7-10-4-8(14)2-3-11(10)18-12(7)13(17)15-5-9(16)6-15/h2-4,9,16H,5-6H2,1H3. The lowest BCUT2D eigenvalue weighted by Gasteiger charge is -2.35.